The molecule has 1 atom stereocenters. The summed E-state index contributed by atoms with van der Waals surface area (Å²) in [5.41, 5.74) is 0.205. The normalized spacial score (nSPS) is 15.3. The molecule has 0 aromatic heterocycles. The second-order valence-electron chi connectivity index (χ2n) is 3.75. The first kappa shape index (κ1) is 9.92. The number of hydrogen-bond acceptors (Lipinski definition) is 2. The zero-order chi connectivity index (χ0) is 8.20. The number of aliphatic hydroxyl groups is 2. The molecule has 1 radical (unpaired) electrons. The van der Waals surface area contributed by atoms with Crippen molar-refractivity contribution in [2.45, 2.75) is 33.3 Å². The lowest BCUT2D eigenvalue weighted by Crippen LogP contribution is -2.16. The van der Waals surface area contributed by atoms with Gasteiger partial charge in [0.1, 0.15) is 0 Å². The van der Waals surface area contributed by atoms with Crippen LogP contribution in [-0.4, -0.2) is 22.9 Å². The minimum Gasteiger partial charge on any atom is -0.394 e. The third-order valence-corrected chi connectivity index (χ3v) is 1.19. The lowest BCUT2D eigenvalue weighted by molar-refractivity contribution is 0.112. The molecule has 61 valence electrons. The highest BCUT2D eigenvalue weighted by Crippen LogP contribution is 2.20. The van der Waals surface area contributed by atoms with Crippen molar-refractivity contribution in [1.82, 2.24) is 0 Å². The van der Waals surface area contributed by atoms with Crippen LogP contribution in [0.5, 0.6) is 0 Å². The third-order valence-electron chi connectivity index (χ3n) is 1.19. The van der Waals surface area contributed by atoms with Crippen LogP contribution < -0.4 is 0 Å². The minimum atomic E-state index is -0.653. The molecule has 10 heavy (non-hydrogen) atoms. The molecule has 0 aromatic rings. The van der Waals surface area contributed by atoms with Gasteiger partial charge in [-0.25, -0.2) is 0 Å². The van der Waals surface area contributed by atoms with E-state index in [0.717, 1.165) is 6.42 Å². The van der Waals surface area contributed by atoms with Crippen LogP contribution in [0.1, 0.15) is 27.2 Å². The predicted molar refractivity (Wildman–Crippen MR) is 41.5 cm³/mol. The summed E-state index contributed by atoms with van der Waals surface area (Å²) in [4.78, 5) is 0. The van der Waals surface area contributed by atoms with Crippen LogP contribution in [0.2, 0.25) is 0 Å². The molecule has 0 heterocycles. The lowest BCUT2D eigenvalue weighted by Gasteiger charge is -2.18. The van der Waals surface area contributed by atoms with Crippen molar-refractivity contribution >= 4 is 0 Å². The van der Waals surface area contributed by atoms with E-state index in [1.54, 1.807) is 6.42 Å². The molecule has 0 bridgehead atoms. The molecule has 0 rings (SSSR count). The molecule has 0 fully saturated rings. The number of aliphatic hydroxyl groups excluding tert-OH is 2. The van der Waals surface area contributed by atoms with E-state index in [2.05, 4.69) is 20.8 Å². The minimum absolute atomic E-state index is 0.171. The van der Waals surface area contributed by atoms with Gasteiger partial charge in [0.15, 0.2) is 0 Å². The summed E-state index contributed by atoms with van der Waals surface area (Å²) in [6, 6.07) is 0. The maximum Gasteiger partial charge on any atom is 0.0802 e. The van der Waals surface area contributed by atoms with Crippen LogP contribution in [0.25, 0.3) is 0 Å². The van der Waals surface area contributed by atoms with Gasteiger partial charge in [-0.3, -0.25) is 0 Å². The summed E-state index contributed by atoms with van der Waals surface area (Å²) in [6.07, 6.45) is 1.91. The van der Waals surface area contributed by atoms with Crippen molar-refractivity contribution in [2.24, 2.45) is 5.41 Å². The van der Waals surface area contributed by atoms with Gasteiger partial charge in [0, 0.05) is 0 Å². The van der Waals surface area contributed by atoms with Crippen molar-refractivity contribution in [3.63, 3.8) is 0 Å². The van der Waals surface area contributed by atoms with E-state index in [1.807, 2.05) is 0 Å². The monoisotopic (exact) mass is 145 g/mol. The Labute approximate surface area is 62.9 Å². The van der Waals surface area contributed by atoms with Crippen molar-refractivity contribution in [3.8, 4) is 0 Å². The largest absolute Gasteiger partial charge is 0.394 e. The maximum absolute atomic E-state index is 8.92. The quantitative estimate of drug-likeness (QED) is 0.621. The van der Waals surface area contributed by atoms with E-state index in [4.69, 9.17) is 10.2 Å². The topological polar surface area (TPSA) is 40.5 Å². The second kappa shape index (κ2) is 3.94. The Balaban J connectivity index is 3.36. The van der Waals surface area contributed by atoms with Crippen LogP contribution in [0.4, 0.5) is 0 Å². The number of rotatable bonds is 3. The highest BCUT2D eigenvalue weighted by molar-refractivity contribution is 4.80. The van der Waals surface area contributed by atoms with E-state index in [-0.39, 0.29) is 12.0 Å². The summed E-state index contributed by atoms with van der Waals surface area (Å²) < 4.78 is 0. The summed E-state index contributed by atoms with van der Waals surface area (Å²) in [5, 5.41) is 17.4. The molecule has 0 aliphatic heterocycles. The zero-order valence-electron chi connectivity index (χ0n) is 6.96. The molecular weight excluding hydrogens is 128 g/mol. The highest BCUT2D eigenvalue weighted by atomic mass is 16.3. The molecule has 2 heteroatoms. The SMILES string of the molecule is CC(C)(C)C[CH]C(O)CO. The molecule has 0 amide bonds. The van der Waals surface area contributed by atoms with E-state index >= 15 is 0 Å². The Hall–Kier alpha value is -0.0800. The van der Waals surface area contributed by atoms with Gasteiger partial charge in [-0.2, -0.15) is 0 Å². The average molecular weight is 145 g/mol. The van der Waals surface area contributed by atoms with Gasteiger partial charge < -0.3 is 10.2 Å². The summed E-state index contributed by atoms with van der Waals surface area (Å²) in [7, 11) is 0. The third kappa shape index (κ3) is 6.05. The maximum atomic E-state index is 8.92. The smallest absolute Gasteiger partial charge is 0.0802 e. The molecule has 1 unspecified atom stereocenters. The molecule has 0 aromatic carbocycles. The van der Waals surface area contributed by atoms with Crippen LogP contribution >= 0.6 is 0 Å². The molecule has 2 N–H and O–H groups in total. The molecular formula is C8H17O2. The van der Waals surface area contributed by atoms with Gasteiger partial charge in [-0.05, 0) is 18.3 Å². The molecule has 0 aliphatic carbocycles. The van der Waals surface area contributed by atoms with E-state index in [1.165, 1.54) is 0 Å². The van der Waals surface area contributed by atoms with Crippen LogP contribution in [0.15, 0.2) is 0 Å². The average Bonchev–Trinajstić information content (AvgIpc) is 1.81. The van der Waals surface area contributed by atoms with Crippen LogP contribution in [0, 0.1) is 11.8 Å². The first-order chi connectivity index (χ1) is 4.45. The van der Waals surface area contributed by atoms with Gasteiger partial charge in [-0.1, -0.05) is 20.8 Å². The van der Waals surface area contributed by atoms with E-state index in [0.29, 0.717) is 0 Å². The van der Waals surface area contributed by atoms with Crippen molar-refractivity contribution < 1.29 is 10.2 Å². The molecule has 0 aliphatic rings. The van der Waals surface area contributed by atoms with Crippen LogP contribution in [0.3, 0.4) is 0 Å². The second-order valence-corrected chi connectivity index (χ2v) is 3.75. The fourth-order valence-corrected chi connectivity index (χ4v) is 0.564. The fraction of sp³-hybridized carbons (Fsp3) is 0.875. The molecule has 2 nitrogen and oxygen atoms in total. The Morgan fingerprint density at radius 1 is 1.40 bits per heavy atom. The predicted octanol–water partition coefficient (Wildman–Crippen LogP) is 0.980. The molecule has 0 saturated carbocycles. The Bertz CT molecular complexity index is 83.7. The van der Waals surface area contributed by atoms with Gasteiger partial charge >= 0.3 is 0 Å². The Kier molecular flexibility index (Phi) is 3.91. The zero-order valence-corrected chi connectivity index (χ0v) is 6.96. The Morgan fingerprint density at radius 3 is 2.20 bits per heavy atom. The molecule has 0 saturated heterocycles. The van der Waals surface area contributed by atoms with Gasteiger partial charge in [0.05, 0.1) is 12.7 Å². The van der Waals surface area contributed by atoms with Crippen molar-refractivity contribution in [2.75, 3.05) is 6.61 Å². The Morgan fingerprint density at radius 2 is 1.90 bits per heavy atom. The van der Waals surface area contributed by atoms with Gasteiger partial charge in [0.25, 0.3) is 0 Å². The summed E-state index contributed by atoms with van der Waals surface area (Å²) >= 11 is 0. The number of hydrogen-bond donors (Lipinski definition) is 2. The highest BCUT2D eigenvalue weighted by Gasteiger charge is 2.12. The van der Waals surface area contributed by atoms with Crippen LogP contribution in [-0.2, 0) is 0 Å². The fourth-order valence-electron chi connectivity index (χ4n) is 0.564. The summed E-state index contributed by atoms with van der Waals surface area (Å²) in [6.45, 7) is 6.10. The standard InChI is InChI=1S/C8H17O2/c1-8(2,3)5-4-7(10)6-9/h4,7,9-10H,5-6H2,1-3H3. The van der Waals surface area contributed by atoms with E-state index < -0.39 is 6.10 Å². The van der Waals surface area contributed by atoms with Crippen molar-refractivity contribution in [1.29, 1.82) is 0 Å². The molecule has 0 spiro atoms. The first-order valence-electron chi connectivity index (χ1n) is 3.58. The summed E-state index contributed by atoms with van der Waals surface area (Å²) in [5.74, 6) is 0. The van der Waals surface area contributed by atoms with Crippen molar-refractivity contribution in [3.05, 3.63) is 6.42 Å². The van der Waals surface area contributed by atoms with E-state index in [9.17, 15) is 0 Å². The first-order valence-corrected chi connectivity index (χ1v) is 3.58. The van der Waals surface area contributed by atoms with Gasteiger partial charge in [-0.15, -0.1) is 0 Å². The van der Waals surface area contributed by atoms with Gasteiger partial charge in [0.2, 0.25) is 0 Å². The lowest BCUT2D eigenvalue weighted by atomic mass is 9.89.